The molecule has 0 amide bonds. The molecule has 0 fully saturated rings. The zero-order chi connectivity index (χ0) is 26.2. The third-order valence-corrected chi connectivity index (χ3v) is 7.67. The second kappa shape index (κ2) is 7.94. The van der Waals surface area contributed by atoms with Gasteiger partial charge in [0.25, 0.3) is 0 Å². The molecule has 4 aromatic heterocycles. The summed E-state index contributed by atoms with van der Waals surface area (Å²) in [6.07, 6.45) is 0. The van der Waals surface area contributed by atoms with Gasteiger partial charge in [0.15, 0.2) is 0 Å². The molecule has 40 heavy (non-hydrogen) atoms. The highest BCUT2D eigenvalue weighted by Gasteiger charge is 2.18. The van der Waals surface area contributed by atoms with E-state index >= 15 is 0 Å². The third kappa shape index (κ3) is 2.93. The molecule has 0 saturated carbocycles. The zero-order valence-electron chi connectivity index (χ0n) is 21.2. The minimum atomic E-state index is 0.844. The summed E-state index contributed by atoms with van der Waals surface area (Å²) in [5.41, 5.74) is 9.56. The lowest BCUT2D eigenvalue weighted by Crippen LogP contribution is -2.00. The molecule has 0 spiro atoms. The van der Waals surface area contributed by atoms with E-state index in [0.717, 1.165) is 77.9 Å². The van der Waals surface area contributed by atoms with Crippen molar-refractivity contribution >= 4 is 55.2 Å². The van der Waals surface area contributed by atoms with Crippen molar-refractivity contribution in [3.63, 3.8) is 0 Å². The number of rotatable bonds is 2. The molecule has 0 aliphatic carbocycles. The van der Waals surface area contributed by atoms with Crippen molar-refractivity contribution in [3.05, 3.63) is 121 Å². The van der Waals surface area contributed by atoms with Crippen LogP contribution in [0, 0.1) is 0 Å². The van der Waals surface area contributed by atoms with Crippen molar-refractivity contribution in [1.29, 1.82) is 0 Å². The molecule has 186 valence electrons. The summed E-state index contributed by atoms with van der Waals surface area (Å²) in [4.78, 5) is 20.4. The lowest BCUT2D eigenvalue weighted by atomic mass is 10.1. The first-order chi connectivity index (χ1) is 19.8. The zero-order valence-corrected chi connectivity index (χ0v) is 21.2. The van der Waals surface area contributed by atoms with Crippen molar-refractivity contribution in [2.24, 2.45) is 0 Å². The summed E-state index contributed by atoms with van der Waals surface area (Å²) in [6, 6.07) is 41.3. The van der Waals surface area contributed by atoms with E-state index < -0.39 is 0 Å². The number of hydrogen-bond donors (Lipinski definition) is 0. The normalized spacial score (nSPS) is 12.0. The molecule has 4 heterocycles. The highest BCUT2D eigenvalue weighted by Crippen LogP contribution is 2.33. The number of para-hydroxylation sites is 6. The second-order valence-corrected chi connectivity index (χ2v) is 10.0. The summed E-state index contributed by atoms with van der Waals surface area (Å²) in [7, 11) is 0. The van der Waals surface area contributed by atoms with Gasteiger partial charge in [0.05, 0.1) is 33.1 Å². The maximum Gasteiger partial charge on any atom is 0.149 e. The average Bonchev–Trinajstić information content (AvgIpc) is 3.60. The quantitative estimate of drug-likeness (QED) is 0.238. The van der Waals surface area contributed by atoms with Crippen LogP contribution in [0.2, 0.25) is 0 Å². The number of imidazole rings is 2. The van der Waals surface area contributed by atoms with Gasteiger partial charge in [-0.2, -0.15) is 0 Å². The fraction of sp³-hybridized carbons (Fsp3) is 0. The monoisotopic (exact) mass is 512 g/mol. The van der Waals surface area contributed by atoms with Gasteiger partial charge < -0.3 is 0 Å². The van der Waals surface area contributed by atoms with Gasteiger partial charge in [0.1, 0.15) is 22.9 Å². The Balaban J connectivity index is 1.37. The Morgan fingerprint density at radius 3 is 1.30 bits per heavy atom. The van der Waals surface area contributed by atoms with Crippen LogP contribution in [-0.4, -0.2) is 28.7 Å². The Morgan fingerprint density at radius 2 is 0.800 bits per heavy atom. The number of benzene rings is 5. The molecule has 5 aromatic carbocycles. The second-order valence-electron chi connectivity index (χ2n) is 10.0. The van der Waals surface area contributed by atoms with E-state index in [1.807, 2.05) is 60.7 Å². The first-order valence-corrected chi connectivity index (χ1v) is 13.3. The summed E-state index contributed by atoms with van der Waals surface area (Å²) < 4.78 is 4.35. The van der Waals surface area contributed by atoms with Crippen LogP contribution in [-0.2, 0) is 0 Å². The van der Waals surface area contributed by atoms with E-state index in [-0.39, 0.29) is 0 Å². The Labute approximate surface area is 227 Å². The molecule has 9 aromatic rings. The first-order valence-electron chi connectivity index (χ1n) is 13.3. The van der Waals surface area contributed by atoms with Crippen molar-refractivity contribution in [3.8, 4) is 22.8 Å². The van der Waals surface area contributed by atoms with Crippen molar-refractivity contribution in [1.82, 2.24) is 28.7 Å². The highest BCUT2D eigenvalue weighted by atomic mass is 15.1. The maximum atomic E-state index is 5.17. The molecule has 9 rings (SSSR count). The molecule has 0 radical (unpaired) electrons. The fourth-order valence-electron chi connectivity index (χ4n) is 5.88. The first kappa shape index (κ1) is 21.3. The number of fused-ring (bicyclic) bond motifs is 10. The van der Waals surface area contributed by atoms with Gasteiger partial charge in [0, 0.05) is 21.9 Å². The topological polar surface area (TPSA) is 60.4 Å². The van der Waals surface area contributed by atoms with Gasteiger partial charge in [-0.15, -0.1) is 0 Å². The summed E-state index contributed by atoms with van der Waals surface area (Å²) in [5.74, 6) is 1.69. The molecule has 0 saturated heterocycles. The largest absolute Gasteiger partial charge is 0.276 e. The molecule has 6 heteroatoms. The lowest BCUT2D eigenvalue weighted by molar-refractivity contribution is 1.15. The minimum Gasteiger partial charge on any atom is -0.276 e. The summed E-state index contributed by atoms with van der Waals surface area (Å²) in [6.45, 7) is 0. The molecular weight excluding hydrogens is 492 g/mol. The van der Waals surface area contributed by atoms with Crippen LogP contribution in [0.4, 0.5) is 0 Å². The highest BCUT2D eigenvalue weighted by molar-refractivity contribution is 6.00. The van der Waals surface area contributed by atoms with Crippen LogP contribution >= 0.6 is 0 Å². The Kier molecular flexibility index (Phi) is 4.24. The smallest absolute Gasteiger partial charge is 0.149 e. The Hall–Kier alpha value is -5.62. The molecule has 0 bridgehead atoms. The molecule has 0 aliphatic heterocycles. The number of aromatic nitrogens is 6. The van der Waals surface area contributed by atoms with Crippen LogP contribution in [0.25, 0.3) is 77.9 Å². The van der Waals surface area contributed by atoms with Crippen molar-refractivity contribution < 1.29 is 0 Å². The predicted octanol–water partition coefficient (Wildman–Crippen LogP) is 7.72. The van der Waals surface area contributed by atoms with Gasteiger partial charge in [-0.05, 0) is 54.6 Å². The van der Waals surface area contributed by atoms with Crippen LogP contribution < -0.4 is 0 Å². The number of hydrogen-bond acceptors (Lipinski definition) is 4. The summed E-state index contributed by atoms with van der Waals surface area (Å²) >= 11 is 0. The van der Waals surface area contributed by atoms with E-state index in [2.05, 4.69) is 69.5 Å². The fourth-order valence-corrected chi connectivity index (χ4v) is 5.88. The van der Waals surface area contributed by atoms with Gasteiger partial charge in [0.2, 0.25) is 0 Å². The maximum absolute atomic E-state index is 5.17. The van der Waals surface area contributed by atoms with E-state index in [9.17, 15) is 0 Å². The van der Waals surface area contributed by atoms with Crippen LogP contribution in [0.5, 0.6) is 0 Å². The minimum absolute atomic E-state index is 0.844. The molecule has 0 unspecified atom stereocenters. The van der Waals surface area contributed by atoms with E-state index in [4.69, 9.17) is 19.9 Å². The van der Waals surface area contributed by atoms with Crippen LogP contribution in [0.3, 0.4) is 0 Å². The Bertz CT molecular complexity index is 2280. The van der Waals surface area contributed by atoms with E-state index in [1.165, 1.54) is 0 Å². The van der Waals surface area contributed by atoms with Gasteiger partial charge in [-0.1, -0.05) is 66.7 Å². The van der Waals surface area contributed by atoms with Gasteiger partial charge in [-0.3, -0.25) is 8.80 Å². The van der Waals surface area contributed by atoms with Gasteiger partial charge in [-0.25, -0.2) is 19.9 Å². The third-order valence-electron chi connectivity index (χ3n) is 7.67. The Morgan fingerprint density at radius 1 is 0.375 bits per heavy atom. The van der Waals surface area contributed by atoms with Crippen LogP contribution in [0.1, 0.15) is 0 Å². The van der Waals surface area contributed by atoms with Crippen molar-refractivity contribution in [2.45, 2.75) is 0 Å². The molecule has 6 nitrogen and oxygen atoms in total. The molecular formula is C34H20N6. The lowest BCUT2D eigenvalue weighted by Gasteiger charge is -2.12. The predicted molar refractivity (Wildman–Crippen MR) is 160 cm³/mol. The average molecular weight is 513 g/mol. The standard InChI is InChI=1S/C34H20N6/c1-3-14-25-23(12-1)33-37-27-16-5-7-18-29(27)39(33)31(35-25)21-10-9-11-22(20-21)32-36-26-15-4-2-13-24(26)34-38-28-17-6-8-19-30(28)40(32)34/h1-20H. The molecule has 0 N–H and O–H groups in total. The van der Waals surface area contributed by atoms with E-state index in [0.29, 0.717) is 0 Å². The SMILES string of the molecule is c1cc(-c2nc3ccccc3c3nc4ccccc4n23)cc(-c2nc3ccccc3c3nc4ccccc4n23)c1. The number of nitrogens with zero attached hydrogens (tertiary/aromatic N) is 6. The summed E-state index contributed by atoms with van der Waals surface area (Å²) in [5, 5.41) is 2.06. The van der Waals surface area contributed by atoms with Crippen molar-refractivity contribution in [2.75, 3.05) is 0 Å². The molecule has 0 aliphatic rings. The van der Waals surface area contributed by atoms with Crippen LogP contribution in [0.15, 0.2) is 121 Å². The van der Waals surface area contributed by atoms with Gasteiger partial charge >= 0.3 is 0 Å². The molecule has 0 atom stereocenters. The van der Waals surface area contributed by atoms with E-state index in [1.54, 1.807) is 0 Å².